The monoisotopic (exact) mass is 311 g/mol. The molecule has 0 spiro atoms. The van der Waals surface area contributed by atoms with Crippen molar-refractivity contribution in [1.29, 1.82) is 0 Å². The number of aliphatic carboxylic acids is 1. The Balaban J connectivity index is 2.34. The second kappa shape index (κ2) is 5.14. The van der Waals surface area contributed by atoms with Gasteiger partial charge in [0.15, 0.2) is 9.84 Å². The van der Waals surface area contributed by atoms with Crippen molar-refractivity contribution in [2.75, 3.05) is 19.3 Å². The first-order valence-corrected chi connectivity index (χ1v) is 8.36. The van der Waals surface area contributed by atoms with E-state index in [1.807, 2.05) is 0 Å². The standard InChI is InChI=1S/C14H17NO5S/c1-14(13(17)18)7-8-15(9-14)12(16)10-5-3-4-6-11(10)21(2,19)20/h3-6H,7-9H2,1-2H3,(H,17,18). The number of hydrogen-bond acceptors (Lipinski definition) is 4. The van der Waals surface area contributed by atoms with Crippen LogP contribution in [0.15, 0.2) is 29.2 Å². The summed E-state index contributed by atoms with van der Waals surface area (Å²) in [6.07, 6.45) is 1.40. The van der Waals surface area contributed by atoms with Crippen molar-refractivity contribution in [3.63, 3.8) is 0 Å². The van der Waals surface area contributed by atoms with E-state index in [1.54, 1.807) is 19.1 Å². The van der Waals surface area contributed by atoms with E-state index in [0.29, 0.717) is 13.0 Å². The van der Waals surface area contributed by atoms with Gasteiger partial charge in [0, 0.05) is 19.3 Å². The third-order valence-corrected chi connectivity index (χ3v) is 4.95. The number of nitrogens with zero attached hydrogens (tertiary/aromatic N) is 1. The lowest BCUT2D eigenvalue weighted by Gasteiger charge is -2.21. The van der Waals surface area contributed by atoms with E-state index in [4.69, 9.17) is 0 Å². The number of benzene rings is 1. The van der Waals surface area contributed by atoms with Crippen LogP contribution in [0.5, 0.6) is 0 Å². The van der Waals surface area contributed by atoms with Crippen molar-refractivity contribution in [1.82, 2.24) is 4.90 Å². The number of carbonyl (C=O) groups is 2. The van der Waals surface area contributed by atoms with Crippen molar-refractivity contribution in [2.24, 2.45) is 5.41 Å². The lowest BCUT2D eigenvalue weighted by atomic mass is 9.90. The topological polar surface area (TPSA) is 91.8 Å². The first kappa shape index (κ1) is 15.5. The summed E-state index contributed by atoms with van der Waals surface area (Å²) >= 11 is 0. The quantitative estimate of drug-likeness (QED) is 0.900. The van der Waals surface area contributed by atoms with Gasteiger partial charge in [0.1, 0.15) is 0 Å². The van der Waals surface area contributed by atoms with Gasteiger partial charge in [0.25, 0.3) is 5.91 Å². The van der Waals surface area contributed by atoms with Gasteiger partial charge in [-0.05, 0) is 25.5 Å². The molecular formula is C14H17NO5S. The largest absolute Gasteiger partial charge is 0.481 e. The molecule has 1 heterocycles. The molecule has 6 nitrogen and oxygen atoms in total. The molecular weight excluding hydrogens is 294 g/mol. The molecule has 2 rings (SSSR count). The number of hydrogen-bond donors (Lipinski definition) is 1. The molecule has 0 aromatic heterocycles. The maximum Gasteiger partial charge on any atom is 0.311 e. The maximum atomic E-state index is 12.5. The van der Waals surface area contributed by atoms with E-state index in [-0.39, 0.29) is 17.0 Å². The summed E-state index contributed by atoms with van der Waals surface area (Å²) in [5, 5.41) is 9.19. The molecule has 1 saturated heterocycles. The smallest absolute Gasteiger partial charge is 0.311 e. The fourth-order valence-corrected chi connectivity index (χ4v) is 3.33. The van der Waals surface area contributed by atoms with Gasteiger partial charge < -0.3 is 10.0 Å². The molecule has 1 fully saturated rings. The summed E-state index contributed by atoms with van der Waals surface area (Å²) in [5.74, 6) is -1.39. The number of rotatable bonds is 3. The van der Waals surface area contributed by atoms with Gasteiger partial charge >= 0.3 is 5.97 Å². The minimum atomic E-state index is -3.52. The zero-order valence-corrected chi connectivity index (χ0v) is 12.7. The Hall–Kier alpha value is -1.89. The highest BCUT2D eigenvalue weighted by molar-refractivity contribution is 7.90. The molecule has 1 amide bonds. The van der Waals surface area contributed by atoms with Crippen molar-refractivity contribution < 1.29 is 23.1 Å². The third kappa shape index (κ3) is 2.92. The summed E-state index contributed by atoms with van der Waals surface area (Å²) < 4.78 is 23.5. The predicted molar refractivity (Wildman–Crippen MR) is 75.8 cm³/mol. The molecule has 1 N–H and O–H groups in total. The molecule has 21 heavy (non-hydrogen) atoms. The Labute approximate surface area is 123 Å². The van der Waals surface area contributed by atoms with Crippen molar-refractivity contribution >= 4 is 21.7 Å². The second-order valence-electron chi connectivity index (χ2n) is 5.61. The Bertz CT molecular complexity index is 697. The Morgan fingerprint density at radius 2 is 1.90 bits per heavy atom. The molecule has 7 heteroatoms. The van der Waals surface area contributed by atoms with Crippen LogP contribution >= 0.6 is 0 Å². The zero-order chi connectivity index (χ0) is 15.8. The van der Waals surface area contributed by atoms with Crippen LogP contribution in [0.3, 0.4) is 0 Å². The molecule has 0 aliphatic carbocycles. The first-order chi connectivity index (χ1) is 9.65. The van der Waals surface area contributed by atoms with Gasteiger partial charge in [0.05, 0.1) is 15.9 Å². The predicted octanol–water partition coefficient (Wildman–Crippen LogP) is 1.03. The van der Waals surface area contributed by atoms with Gasteiger partial charge in [0.2, 0.25) is 0 Å². The van der Waals surface area contributed by atoms with Gasteiger partial charge in [-0.3, -0.25) is 9.59 Å². The summed E-state index contributed by atoms with van der Waals surface area (Å²) in [5.41, 5.74) is -0.884. The summed E-state index contributed by atoms with van der Waals surface area (Å²) in [7, 11) is -3.52. The highest BCUT2D eigenvalue weighted by Gasteiger charge is 2.42. The van der Waals surface area contributed by atoms with Crippen molar-refractivity contribution in [3.05, 3.63) is 29.8 Å². The molecule has 0 bridgehead atoms. The van der Waals surface area contributed by atoms with E-state index >= 15 is 0 Å². The number of sulfone groups is 1. The summed E-state index contributed by atoms with van der Waals surface area (Å²) in [4.78, 5) is 25.1. The highest BCUT2D eigenvalue weighted by atomic mass is 32.2. The Morgan fingerprint density at radius 3 is 2.43 bits per heavy atom. The van der Waals surface area contributed by atoms with E-state index in [1.165, 1.54) is 17.0 Å². The second-order valence-corrected chi connectivity index (χ2v) is 7.60. The maximum absolute atomic E-state index is 12.5. The minimum absolute atomic E-state index is 0.0288. The van der Waals surface area contributed by atoms with Crippen LogP contribution < -0.4 is 0 Å². The fraction of sp³-hybridized carbons (Fsp3) is 0.429. The zero-order valence-electron chi connectivity index (χ0n) is 11.9. The van der Waals surface area contributed by atoms with Crippen LogP contribution in [0.2, 0.25) is 0 Å². The highest BCUT2D eigenvalue weighted by Crippen LogP contribution is 2.31. The molecule has 1 aliphatic rings. The van der Waals surface area contributed by atoms with Gasteiger partial charge in [-0.15, -0.1) is 0 Å². The molecule has 1 aromatic carbocycles. The first-order valence-electron chi connectivity index (χ1n) is 6.47. The number of carboxylic acids is 1. The average Bonchev–Trinajstić information content (AvgIpc) is 2.81. The molecule has 0 radical (unpaired) electrons. The molecule has 114 valence electrons. The van der Waals surface area contributed by atoms with E-state index < -0.39 is 27.1 Å². The number of carboxylic acid groups (broad SMARTS) is 1. The molecule has 1 unspecified atom stereocenters. The van der Waals surface area contributed by atoms with Crippen LogP contribution in [0.1, 0.15) is 23.7 Å². The van der Waals surface area contributed by atoms with Crippen LogP contribution in [-0.2, 0) is 14.6 Å². The van der Waals surface area contributed by atoms with Crippen LogP contribution in [0.4, 0.5) is 0 Å². The van der Waals surface area contributed by atoms with Crippen LogP contribution in [0, 0.1) is 5.41 Å². The van der Waals surface area contributed by atoms with Crippen LogP contribution in [0.25, 0.3) is 0 Å². The summed E-state index contributed by atoms with van der Waals surface area (Å²) in [6, 6.07) is 5.98. The van der Waals surface area contributed by atoms with E-state index in [2.05, 4.69) is 0 Å². The molecule has 1 aliphatic heterocycles. The molecule has 1 aromatic rings. The van der Waals surface area contributed by atoms with Gasteiger partial charge in [-0.2, -0.15) is 0 Å². The number of likely N-dealkylation sites (tertiary alicyclic amines) is 1. The summed E-state index contributed by atoms with van der Waals surface area (Å²) in [6.45, 7) is 1.98. The SMILES string of the molecule is CC1(C(=O)O)CCN(C(=O)c2ccccc2S(C)(=O)=O)C1. The number of carbonyl (C=O) groups excluding carboxylic acids is 1. The number of amides is 1. The van der Waals surface area contributed by atoms with Gasteiger partial charge in [-0.1, -0.05) is 12.1 Å². The average molecular weight is 311 g/mol. The van der Waals surface area contributed by atoms with E-state index in [9.17, 15) is 23.1 Å². The molecule has 1 atom stereocenters. The molecule has 0 saturated carbocycles. The fourth-order valence-electron chi connectivity index (χ4n) is 2.45. The van der Waals surface area contributed by atoms with E-state index in [0.717, 1.165) is 6.26 Å². The lowest BCUT2D eigenvalue weighted by Crippen LogP contribution is -2.35. The minimum Gasteiger partial charge on any atom is -0.481 e. The van der Waals surface area contributed by atoms with Crippen molar-refractivity contribution in [2.45, 2.75) is 18.2 Å². The normalized spacial score (nSPS) is 22.3. The Morgan fingerprint density at radius 1 is 1.29 bits per heavy atom. The van der Waals surface area contributed by atoms with Crippen molar-refractivity contribution in [3.8, 4) is 0 Å². The Kier molecular flexibility index (Phi) is 3.79. The lowest BCUT2D eigenvalue weighted by molar-refractivity contribution is -0.147. The van der Waals surface area contributed by atoms with Crippen LogP contribution in [-0.4, -0.2) is 49.6 Å². The third-order valence-electron chi connectivity index (χ3n) is 3.79. The van der Waals surface area contributed by atoms with Gasteiger partial charge in [-0.25, -0.2) is 8.42 Å².